The zero-order valence-electron chi connectivity index (χ0n) is 17.4. The molecule has 8 heteroatoms. The van der Waals surface area contributed by atoms with Gasteiger partial charge in [-0.15, -0.1) is 0 Å². The second-order valence-electron chi connectivity index (χ2n) is 8.04. The van der Waals surface area contributed by atoms with Gasteiger partial charge in [-0.05, 0) is 34.7 Å². The second kappa shape index (κ2) is 9.14. The van der Waals surface area contributed by atoms with Gasteiger partial charge >= 0.3 is 0 Å². The van der Waals surface area contributed by atoms with Crippen LogP contribution in [0.5, 0.6) is 0 Å². The summed E-state index contributed by atoms with van der Waals surface area (Å²) in [5, 5.41) is 15.2. The Bertz CT molecular complexity index is 1130. The number of non-ortho nitro benzene ring substituents is 1. The molecule has 0 aliphatic heterocycles. The summed E-state index contributed by atoms with van der Waals surface area (Å²) in [6.45, 7) is 6.41. The molecule has 0 spiro atoms. The van der Waals surface area contributed by atoms with Crippen molar-refractivity contribution in [1.29, 1.82) is 0 Å². The fraction of sp³-hybridized carbons (Fsp3) is 0.217. The number of hydrogen-bond donors (Lipinski definition) is 1. The first kappa shape index (κ1) is 22.2. The van der Waals surface area contributed by atoms with E-state index in [-0.39, 0.29) is 23.4 Å². The summed E-state index contributed by atoms with van der Waals surface area (Å²) >= 11 is 6.13. The molecule has 0 radical (unpaired) electrons. The summed E-state index contributed by atoms with van der Waals surface area (Å²) in [6, 6.07) is 15.3. The molecule has 1 aromatic heterocycles. The second-order valence-corrected chi connectivity index (χ2v) is 8.45. The predicted molar refractivity (Wildman–Crippen MR) is 120 cm³/mol. The number of nitrogens with zero attached hydrogens (tertiary/aromatic N) is 2. The fourth-order valence-corrected chi connectivity index (χ4v) is 3.11. The fourth-order valence-electron chi connectivity index (χ4n) is 2.90. The number of rotatable bonds is 6. The van der Waals surface area contributed by atoms with Gasteiger partial charge in [-0.2, -0.15) is 5.10 Å². The van der Waals surface area contributed by atoms with Crippen LogP contribution in [0, 0.1) is 10.1 Å². The lowest BCUT2D eigenvalue weighted by atomic mass is 9.86. The topological polar surface area (TPSA) is 97.7 Å². The average molecular weight is 440 g/mol. The van der Waals surface area contributed by atoms with Gasteiger partial charge in [0.1, 0.15) is 11.5 Å². The number of carbonyl (C=O) groups is 1. The standard InChI is InChI=1S/C23H22ClN3O4/c1-23(2,3)16-6-4-15(5-7-16)12-22(28)26-25-14-18-9-11-21(31-18)19-13-17(27(29)30)8-10-20(19)24/h4-11,13-14H,12H2,1-3H3,(H,26,28). The maximum atomic E-state index is 12.1. The number of nitro groups is 1. The molecule has 3 aromatic rings. The Morgan fingerprint density at radius 2 is 1.87 bits per heavy atom. The third-order valence-electron chi connectivity index (χ3n) is 4.62. The summed E-state index contributed by atoms with van der Waals surface area (Å²) in [5.41, 5.74) is 4.92. The lowest BCUT2D eigenvalue weighted by Gasteiger charge is -2.19. The average Bonchev–Trinajstić information content (AvgIpc) is 3.16. The number of amides is 1. The van der Waals surface area contributed by atoms with Crippen LogP contribution in [-0.4, -0.2) is 17.0 Å². The Morgan fingerprint density at radius 1 is 1.16 bits per heavy atom. The van der Waals surface area contributed by atoms with Crippen LogP contribution in [0.3, 0.4) is 0 Å². The Kier molecular flexibility index (Phi) is 6.56. The first-order valence-corrected chi connectivity index (χ1v) is 9.97. The minimum atomic E-state index is -0.503. The number of benzene rings is 2. The molecular weight excluding hydrogens is 418 g/mol. The van der Waals surface area contributed by atoms with Gasteiger partial charge in [-0.3, -0.25) is 14.9 Å². The van der Waals surface area contributed by atoms with E-state index in [4.69, 9.17) is 16.0 Å². The van der Waals surface area contributed by atoms with E-state index in [0.717, 1.165) is 5.56 Å². The first-order valence-electron chi connectivity index (χ1n) is 9.59. The van der Waals surface area contributed by atoms with Crippen molar-refractivity contribution >= 4 is 29.4 Å². The third kappa shape index (κ3) is 5.79. The van der Waals surface area contributed by atoms with Gasteiger partial charge in [-0.25, -0.2) is 5.43 Å². The zero-order chi connectivity index (χ0) is 22.6. The zero-order valence-corrected chi connectivity index (χ0v) is 18.1. The summed E-state index contributed by atoms with van der Waals surface area (Å²) in [4.78, 5) is 22.6. The molecule has 0 unspecified atom stereocenters. The number of halogens is 1. The maximum Gasteiger partial charge on any atom is 0.270 e. The molecule has 0 saturated heterocycles. The van der Waals surface area contributed by atoms with Crippen molar-refractivity contribution in [3.8, 4) is 11.3 Å². The van der Waals surface area contributed by atoms with Crippen molar-refractivity contribution in [1.82, 2.24) is 5.43 Å². The Labute approximate surface area is 184 Å². The van der Waals surface area contributed by atoms with Gasteiger partial charge in [0.15, 0.2) is 0 Å². The van der Waals surface area contributed by atoms with Crippen molar-refractivity contribution in [2.24, 2.45) is 5.10 Å². The van der Waals surface area contributed by atoms with E-state index in [1.54, 1.807) is 12.1 Å². The first-order chi connectivity index (χ1) is 14.6. The normalized spacial score (nSPS) is 11.6. The molecule has 1 N–H and O–H groups in total. The molecule has 1 amide bonds. The molecule has 0 fully saturated rings. The highest BCUT2D eigenvalue weighted by Crippen LogP contribution is 2.32. The van der Waals surface area contributed by atoms with Gasteiger partial charge in [0.2, 0.25) is 5.91 Å². The Hall–Kier alpha value is -3.45. The highest BCUT2D eigenvalue weighted by atomic mass is 35.5. The van der Waals surface area contributed by atoms with Crippen molar-refractivity contribution in [2.75, 3.05) is 0 Å². The van der Waals surface area contributed by atoms with Crippen molar-refractivity contribution in [3.05, 3.63) is 86.6 Å². The number of hydrogen-bond acceptors (Lipinski definition) is 5. The number of nitrogens with one attached hydrogen (secondary N) is 1. The number of furan rings is 1. The highest BCUT2D eigenvalue weighted by Gasteiger charge is 2.15. The maximum absolute atomic E-state index is 12.1. The highest BCUT2D eigenvalue weighted by molar-refractivity contribution is 6.33. The van der Waals surface area contributed by atoms with E-state index < -0.39 is 4.92 Å². The van der Waals surface area contributed by atoms with E-state index in [0.29, 0.717) is 22.1 Å². The molecule has 0 bridgehead atoms. The minimum absolute atomic E-state index is 0.0574. The van der Waals surface area contributed by atoms with Crippen LogP contribution in [0.25, 0.3) is 11.3 Å². The Balaban J connectivity index is 1.61. The molecule has 1 heterocycles. The van der Waals surface area contributed by atoms with Crippen LogP contribution in [0.2, 0.25) is 5.02 Å². The molecule has 0 aliphatic rings. The van der Waals surface area contributed by atoms with Crippen LogP contribution in [0.1, 0.15) is 37.7 Å². The van der Waals surface area contributed by atoms with Crippen molar-refractivity contribution in [3.63, 3.8) is 0 Å². The van der Waals surface area contributed by atoms with Crippen molar-refractivity contribution < 1.29 is 14.1 Å². The van der Waals surface area contributed by atoms with Crippen LogP contribution in [0.15, 0.2) is 64.1 Å². The molecule has 0 aliphatic carbocycles. The van der Waals surface area contributed by atoms with E-state index >= 15 is 0 Å². The van der Waals surface area contributed by atoms with Crippen molar-refractivity contribution in [2.45, 2.75) is 32.6 Å². The van der Waals surface area contributed by atoms with Gasteiger partial charge < -0.3 is 4.42 Å². The monoisotopic (exact) mass is 439 g/mol. The van der Waals surface area contributed by atoms with Gasteiger partial charge in [-0.1, -0.05) is 56.6 Å². The van der Waals surface area contributed by atoms with E-state index in [9.17, 15) is 14.9 Å². The minimum Gasteiger partial charge on any atom is -0.455 e. The number of nitro benzene ring substituents is 1. The SMILES string of the molecule is CC(C)(C)c1ccc(CC(=O)NN=Cc2ccc(-c3cc([N+](=O)[O-])ccc3Cl)o2)cc1. The lowest BCUT2D eigenvalue weighted by Crippen LogP contribution is -2.20. The predicted octanol–water partition coefficient (Wildman–Crippen LogP) is 5.50. The summed E-state index contributed by atoms with van der Waals surface area (Å²) < 4.78 is 5.62. The number of hydrazone groups is 1. The molecule has 3 rings (SSSR count). The lowest BCUT2D eigenvalue weighted by molar-refractivity contribution is -0.384. The smallest absolute Gasteiger partial charge is 0.270 e. The van der Waals surface area contributed by atoms with E-state index in [2.05, 4.69) is 31.3 Å². The molecular formula is C23H22ClN3O4. The Morgan fingerprint density at radius 3 is 2.52 bits per heavy atom. The molecule has 0 saturated carbocycles. The van der Waals surface area contributed by atoms with Gasteiger partial charge in [0.05, 0.1) is 22.6 Å². The molecule has 7 nitrogen and oxygen atoms in total. The molecule has 2 aromatic carbocycles. The largest absolute Gasteiger partial charge is 0.455 e. The molecule has 0 atom stereocenters. The van der Waals surface area contributed by atoms with Crippen LogP contribution < -0.4 is 5.43 Å². The van der Waals surface area contributed by atoms with E-state index in [1.165, 1.54) is 30.0 Å². The summed E-state index contributed by atoms with van der Waals surface area (Å²) in [6.07, 6.45) is 1.56. The van der Waals surface area contributed by atoms with Crippen LogP contribution in [0.4, 0.5) is 5.69 Å². The summed E-state index contributed by atoms with van der Waals surface area (Å²) in [7, 11) is 0. The van der Waals surface area contributed by atoms with Crippen LogP contribution >= 0.6 is 11.6 Å². The molecule has 160 valence electrons. The number of carbonyl (C=O) groups excluding carboxylic acids is 1. The van der Waals surface area contributed by atoms with E-state index in [1.807, 2.05) is 24.3 Å². The van der Waals surface area contributed by atoms with Gasteiger partial charge in [0.25, 0.3) is 5.69 Å². The molecule has 31 heavy (non-hydrogen) atoms. The summed E-state index contributed by atoms with van der Waals surface area (Å²) in [5.74, 6) is 0.473. The third-order valence-corrected chi connectivity index (χ3v) is 4.95. The van der Waals surface area contributed by atoms with Crippen LogP contribution in [-0.2, 0) is 16.6 Å². The van der Waals surface area contributed by atoms with Gasteiger partial charge in [0, 0.05) is 17.7 Å². The quantitative estimate of drug-likeness (QED) is 0.311.